The summed E-state index contributed by atoms with van der Waals surface area (Å²) in [6.45, 7) is 5.17. The van der Waals surface area contributed by atoms with Gasteiger partial charge in [0.25, 0.3) is 0 Å². The van der Waals surface area contributed by atoms with Gasteiger partial charge in [-0.2, -0.15) is 0 Å². The normalized spacial score (nSPS) is 10.4. The van der Waals surface area contributed by atoms with Crippen LogP contribution in [0.4, 0.5) is 0 Å². The van der Waals surface area contributed by atoms with Crippen LogP contribution in [-0.4, -0.2) is 30.1 Å². The van der Waals surface area contributed by atoms with Gasteiger partial charge in [0.2, 0.25) is 0 Å². The van der Waals surface area contributed by atoms with Crippen molar-refractivity contribution >= 4 is 11.9 Å². The minimum atomic E-state index is -0.444. The Kier molecular flexibility index (Phi) is 16.8. The highest BCUT2D eigenvalue weighted by molar-refractivity contribution is 6.03. The molecule has 0 aliphatic heterocycles. The van der Waals surface area contributed by atoms with Gasteiger partial charge in [-0.15, -0.1) is 0 Å². The number of hydrogen-bond donors (Lipinski definition) is 1. The zero-order valence-corrected chi connectivity index (χ0v) is 24.0. The summed E-state index contributed by atoms with van der Waals surface area (Å²) in [6.07, 6.45) is 17.6. The monoisotopic (exact) mass is 533 g/mol. The second-order valence-electron chi connectivity index (χ2n) is 9.82. The highest BCUT2D eigenvalue weighted by Crippen LogP contribution is 2.17. The molecular weight excluding hydrogens is 486 g/mol. The van der Waals surface area contributed by atoms with Gasteiger partial charge >= 0.3 is 11.9 Å². The minimum absolute atomic E-state index is 0.293. The van der Waals surface area contributed by atoms with E-state index in [-0.39, 0.29) is 0 Å². The van der Waals surface area contributed by atoms with Gasteiger partial charge in [-0.05, 0) is 42.2 Å². The van der Waals surface area contributed by atoms with Crippen molar-refractivity contribution in [2.45, 2.75) is 90.9 Å². The number of aromatic amines is 1. The minimum Gasteiger partial charge on any atom is -0.462 e. The van der Waals surface area contributed by atoms with Crippen molar-refractivity contribution in [3.63, 3.8) is 0 Å². The summed E-state index contributed by atoms with van der Waals surface area (Å²) in [7, 11) is 0. The van der Waals surface area contributed by atoms with Crippen molar-refractivity contribution in [1.29, 1.82) is 0 Å². The van der Waals surface area contributed by atoms with Crippen LogP contribution in [0.5, 0.6) is 0 Å². The maximum atomic E-state index is 12.4. The summed E-state index contributed by atoms with van der Waals surface area (Å²) in [6, 6.07) is 19.1. The molecule has 3 rings (SSSR count). The van der Waals surface area contributed by atoms with Gasteiger partial charge in [-0.3, -0.25) is 0 Å². The molecule has 1 heterocycles. The zero-order valence-electron chi connectivity index (χ0n) is 24.0. The summed E-state index contributed by atoms with van der Waals surface area (Å²) >= 11 is 0. The van der Waals surface area contributed by atoms with Gasteiger partial charge in [0, 0.05) is 12.4 Å². The molecule has 3 aromatic rings. The number of rotatable bonds is 17. The van der Waals surface area contributed by atoms with E-state index in [2.05, 4.69) is 37.0 Å². The number of hydrogen-bond acceptors (Lipinski definition) is 4. The lowest BCUT2D eigenvalue weighted by atomic mass is 10.1. The molecule has 0 bridgehead atoms. The van der Waals surface area contributed by atoms with Crippen LogP contribution in [0.2, 0.25) is 0 Å². The third-order valence-electron chi connectivity index (χ3n) is 6.53. The van der Waals surface area contributed by atoms with E-state index in [1.807, 2.05) is 30.6 Å². The molecule has 0 radical (unpaired) electrons. The number of nitrogens with one attached hydrogen (secondary N) is 1. The van der Waals surface area contributed by atoms with E-state index in [0.29, 0.717) is 24.3 Å². The molecule has 0 atom stereocenters. The van der Waals surface area contributed by atoms with E-state index in [0.717, 1.165) is 25.7 Å². The van der Waals surface area contributed by atoms with Gasteiger partial charge in [0.15, 0.2) is 0 Å². The van der Waals surface area contributed by atoms with E-state index < -0.39 is 11.9 Å². The van der Waals surface area contributed by atoms with Gasteiger partial charge < -0.3 is 14.5 Å². The number of esters is 2. The quantitative estimate of drug-likeness (QED) is 0.139. The van der Waals surface area contributed by atoms with Crippen LogP contribution in [0.15, 0.2) is 73.1 Å². The highest BCUT2D eigenvalue weighted by Gasteiger charge is 2.18. The molecule has 1 aromatic heterocycles. The second-order valence-corrected chi connectivity index (χ2v) is 9.82. The van der Waals surface area contributed by atoms with Gasteiger partial charge in [-0.25, -0.2) is 9.59 Å². The number of carbonyl (C=O) groups excluding carboxylic acids is 2. The molecule has 0 spiro atoms. The summed E-state index contributed by atoms with van der Waals surface area (Å²) < 4.78 is 10.7. The Labute approximate surface area is 235 Å². The highest BCUT2D eigenvalue weighted by atomic mass is 16.5. The van der Waals surface area contributed by atoms with E-state index in [1.54, 1.807) is 24.3 Å². The molecule has 39 heavy (non-hydrogen) atoms. The number of unbranched alkanes of at least 4 members (excludes halogenated alkanes) is 10. The SMILES string of the molecule is CCCCCCCCOC(=O)c1ccccc1C(=O)OCCCCCCCC.c1ccc(-c2cc[nH]c2)cc1. The van der Waals surface area contributed by atoms with Crippen LogP contribution in [0.1, 0.15) is 112 Å². The van der Waals surface area contributed by atoms with Crippen LogP contribution in [0.3, 0.4) is 0 Å². The van der Waals surface area contributed by atoms with Gasteiger partial charge in [0.05, 0.1) is 24.3 Å². The Morgan fingerprint density at radius 1 is 0.564 bits per heavy atom. The molecular formula is C34H47NO4. The molecule has 0 amide bonds. The largest absolute Gasteiger partial charge is 0.462 e. The molecule has 0 saturated carbocycles. The first-order valence-electron chi connectivity index (χ1n) is 14.8. The first kappa shape index (κ1) is 31.9. The molecule has 212 valence electrons. The maximum Gasteiger partial charge on any atom is 0.339 e. The number of H-pyrrole nitrogens is 1. The summed E-state index contributed by atoms with van der Waals surface area (Å²) in [5, 5.41) is 0. The number of carbonyl (C=O) groups is 2. The molecule has 2 aromatic carbocycles. The van der Waals surface area contributed by atoms with Crippen LogP contribution < -0.4 is 0 Å². The fourth-order valence-electron chi connectivity index (χ4n) is 4.22. The van der Waals surface area contributed by atoms with Crippen molar-refractivity contribution in [3.05, 3.63) is 84.2 Å². The predicted molar refractivity (Wildman–Crippen MR) is 160 cm³/mol. The van der Waals surface area contributed by atoms with Gasteiger partial charge in [0.1, 0.15) is 0 Å². The average molecular weight is 534 g/mol. The Morgan fingerprint density at radius 2 is 1.03 bits per heavy atom. The third-order valence-corrected chi connectivity index (χ3v) is 6.53. The second kappa shape index (κ2) is 20.6. The Morgan fingerprint density at radius 3 is 1.49 bits per heavy atom. The molecule has 0 saturated heterocycles. The van der Waals surface area contributed by atoms with E-state index in [4.69, 9.17) is 9.47 Å². The van der Waals surface area contributed by atoms with Crippen molar-refractivity contribution < 1.29 is 19.1 Å². The fourth-order valence-corrected chi connectivity index (χ4v) is 4.22. The van der Waals surface area contributed by atoms with Gasteiger partial charge in [-0.1, -0.05) is 121 Å². The molecule has 5 nitrogen and oxygen atoms in total. The van der Waals surface area contributed by atoms with Crippen LogP contribution in [0.25, 0.3) is 11.1 Å². The standard InChI is InChI=1S/C24H38O4.C10H9N/c1-3-5-7-9-11-15-19-27-23(25)21-17-13-14-18-22(21)24(26)28-20-16-12-10-8-6-4-2;1-2-4-9(5-3-1)10-6-7-11-8-10/h13-14,17-18H,3-12,15-16,19-20H2,1-2H3;1-8,11H. The van der Waals surface area contributed by atoms with Crippen LogP contribution in [0, 0.1) is 0 Å². The first-order valence-corrected chi connectivity index (χ1v) is 14.8. The van der Waals surface area contributed by atoms with Crippen LogP contribution in [-0.2, 0) is 9.47 Å². The van der Waals surface area contributed by atoms with Crippen LogP contribution >= 0.6 is 0 Å². The van der Waals surface area contributed by atoms with Crippen molar-refractivity contribution in [2.75, 3.05) is 13.2 Å². The molecule has 0 unspecified atom stereocenters. The smallest absolute Gasteiger partial charge is 0.339 e. The Hall–Kier alpha value is -3.34. The third kappa shape index (κ3) is 13.3. The van der Waals surface area contributed by atoms with E-state index in [1.165, 1.54) is 62.5 Å². The fraction of sp³-hybridized carbons (Fsp3) is 0.471. The predicted octanol–water partition coefficient (Wildman–Crippen LogP) is 9.40. The van der Waals surface area contributed by atoms with Crippen molar-refractivity contribution in [2.24, 2.45) is 0 Å². The zero-order chi connectivity index (χ0) is 28.0. The number of aromatic nitrogens is 1. The summed E-state index contributed by atoms with van der Waals surface area (Å²) in [4.78, 5) is 27.7. The number of benzene rings is 2. The van der Waals surface area contributed by atoms with E-state index in [9.17, 15) is 9.59 Å². The van der Waals surface area contributed by atoms with Crippen molar-refractivity contribution in [3.8, 4) is 11.1 Å². The Bertz CT molecular complexity index is 981. The molecule has 5 heteroatoms. The molecule has 1 N–H and O–H groups in total. The Balaban J connectivity index is 0.000000397. The number of ether oxygens (including phenoxy) is 2. The van der Waals surface area contributed by atoms with E-state index >= 15 is 0 Å². The summed E-state index contributed by atoms with van der Waals surface area (Å²) in [5.41, 5.74) is 3.09. The lowest BCUT2D eigenvalue weighted by molar-refractivity contribution is 0.0450. The maximum absolute atomic E-state index is 12.4. The molecule has 0 aliphatic rings. The lowest BCUT2D eigenvalue weighted by Crippen LogP contribution is -2.15. The lowest BCUT2D eigenvalue weighted by Gasteiger charge is -2.10. The summed E-state index contributed by atoms with van der Waals surface area (Å²) in [5.74, 6) is -0.888. The van der Waals surface area contributed by atoms with Crippen molar-refractivity contribution in [1.82, 2.24) is 4.98 Å². The molecule has 0 fully saturated rings. The topological polar surface area (TPSA) is 68.4 Å². The first-order chi connectivity index (χ1) is 19.2. The average Bonchev–Trinajstić information content (AvgIpc) is 3.52. The molecule has 0 aliphatic carbocycles.